The molecule has 7 nitrogen and oxygen atoms in total. The molecule has 0 aromatic heterocycles. The molecule has 30 heavy (non-hydrogen) atoms. The van der Waals surface area contributed by atoms with E-state index in [4.69, 9.17) is 27.9 Å². The van der Waals surface area contributed by atoms with E-state index in [0.717, 1.165) is 31.5 Å². The zero-order valence-electron chi connectivity index (χ0n) is 17.0. The molecule has 1 aromatic carbocycles. The molecule has 1 aromatic rings. The van der Waals surface area contributed by atoms with E-state index in [0.29, 0.717) is 29.8 Å². The smallest absolute Gasteiger partial charge is 0.227 e. The highest BCUT2D eigenvalue weighted by atomic mass is 35.5. The van der Waals surface area contributed by atoms with Gasteiger partial charge in [0.2, 0.25) is 15.9 Å². The van der Waals surface area contributed by atoms with Gasteiger partial charge in [0, 0.05) is 13.1 Å². The molecule has 0 bridgehead atoms. The van der Waals surface area contributed by atoms with E-state index in [1.54, 1.807) is 18.2 Å². The molecule has 0 unspecified atom stereocenters. The summed E-state index contributed by atoms with van der Waals surface area (Å²) in [6.45, 7) is 3.37. The Labute approximate surface area is 187 Å². The van der Waals surface area contributed by atoms with Crippen molar-refractivity contribution in [2.24, 2.45) is 0 Å². The van der Waals surface area contributed by atoms with Gasteiger partial charge in [-0.15, -0.1) is 0 Å². The predicted octanol–water partition coefficient (Wildman–Crippen LogP) is 1.87. The van der Waals surface area contributed by atoms with Crippen LogP contribution in [-0.4, -0.2) is 92.2 Å². The summed E-state index contributed by atoms with van der Waals surface area (Å²) in [6, 6.07) is 4.61. The van der Waals surface area contributed by atoms with Crippen LogP contribution in [0.15, 0.2) is 18.2 Å². The van der Waals surface area contributed by atoms with Gasteiger partial charge in [0.1, 0.15) is 0 Å². The zero-order valence-corrected chi connectivity index (χ0v) is 19.3. The van der Waals surface area contributed by atoms with E-state index in [-0.39, 0.29) is 37.0 Å². The molecule has 10 heteroatoms. The number of carbonyl (C=O) groups is 1. The lowest BCUT2D eigenvalue weighted by molar-refractivity contribution is -0.147. The second-order valence-corrected chi connectivity index (χ2v) is 11.0. The summed E-state index contributed by atoms with van der Waals surface area (Å²) in [7, 11) is -3.40. The van der Waals surface area contributed by atoms with E-state index >= 15 is 0 Å². The lowest BCUT2D eigenvalue weighted by Crippen LogP contribution is -2.72. The zero-order chi connectivity index (χ0) is 21.5. The van der Waals surface area contributed by atoms with E-state index in [9.17, 15) is 13.2 Å². The lowest BCUT2D eigenvalue weighted by Gasteiger charge is -2.53. The van der Waals surface area contributed by atoms with Crippen molar-refractivity contribution in [1.29, 1.82) is 0 Å². The fourth-order valence-corrected chi connectivity index (χ4v) is 6.39. The minimum atomic E-state index is -3.40. The normalized spacial score (nSPS) is 28.5. The molecule has 0 saturated carbocycles. The number of rotatable bonds is 4. The first-order valence-corrected chi connectivity index (χ1v) is 12.9. The second-order valence-electron chi connectivity index (χ2n) is 8.29. The Morgan fingerprint density at radius 2 is 1.77 bits per heavy atom. The molecular weight excluding hydrogens is 449 g/mol. The van der Waals surface area contributed by atoms with Gasteiger partial charge in [-0.2, -0.15) is 4.31 Å². The second kappa shape index (κ2) is 8.92. The Bertz CT molecular complexity index is 907. The fourth-order valence-electron chi connectivity index (χ4n) is 4.98. The van der Waals surface area contributed by atoms with Crippen LogP contribution in [0.5, 0.6) is 0 Å². The molecule has 0 spiro atoms. The third-order valence-electron chi connectivity index (χ3n) is 6.35. The van der Waals surface area contributed by atoms with E-state index < -0.39 is 10.0 Å². The third kappa shape index (κ3) is 4.49. The summed E-state index contributed by atoms with van der Waals surface area (Å²) >= 11 is 12.1. The maximum Gasteiger partial charge on any atom is 0.227 e. The quantitative estimate of drug-likeness (QED) is 0.664. The van der Waals surface area contributed by atoms with Gasteiger partial charge in [-0.1, -0.05) is 29.3 Å². The van der Waals surface area contributed by atoms with Crippen molar-refractivity contribution in [3.63, 3.8) is 0 Å². The molecule has 1 amide bonds. The molecule has 0 radical (unpaired) electrons. The Morgan fingerprint density at radius 1 is 1.07 bits per heavy atom. The molecule has 3 heterocycles. The number of benzene rings is 1. The van der Waals surface area contributed by atoms with Crippen LogP contribution in [0.3, 0.4) is 0 Å². The predicted molar refractivity (Wildman–Crippen MR) is 116 cm³/mol. The van der Waals surface area contributed by atoms with E-state index in [1.165, 1.54) is 10.6 Å². The van der Waals surface area contributed by atoms with E-state index in [1.807, 2.05) is 4.90 Å². The molecule has 0 aliphatic carbocycles. The summed E-state index contributed by atoms with van der Waals surface area (Å²) in [5.74, 6) is -0.0253. The standard InChI is InChI=1S/C20H27Cl2N3O4S/c1-30(27,28)25-9-8-24(19(26)11-14-4-5-15(21)16(22)10-14)20-17(12-29-13-18(20)25)23-6-2-3-7-23/h4-5,10,17-18,20H,2-3,6-9,11-13H2,1H3/t17-,18+,20+/m0/s1. The van der Waals surface area contributed by atoms with Crippen molar-refractivity contribution in [1.82, 2.24) is 14.1 Å². The highest BCUT2D eigenvalue weighted by Crippen LogP contribution is 2.31. The number of ether oxygens (including phenoxy) is 1. The third-order valence-corrected chi connectivity index (χ3v) is 8.40. The summed E-state index contributed by atoms with van der Waals surface area (Å²) in [5, 5.41) is 0.871. The van der Waals surface area contributed by atoms with Gasteiger partial charge >= 0.3 is 0 Å². The molecule has 4 rings (SSSR count). The Morgan fingerprint density at radius 3 is 2.43 bits per heavy atom. The number of nitrogens with zero attached hydrogens (tertiary/aromatic N) is 3. The van der Waals surface area contributed by atoms with Crippen molar-refractivity contribution in [2.45, 2.75) is 37.4 Å². The Hall–Kier alpha value is -0.900. The highest BCUT2D eigenvalue weighted by Gasteiger charge is 2.50. The molecule has 3 atom stereocenters. The number of piperazine rings is 1. The summed E-state index contributed by atoms with van der Waals surface area (Å²) in [4.78, 5) is 17.6. The molecule has 3 aliphatic heterocycles. The minimum absolute atomic E-state index is 0.00597. The maximum absolute atomic E-state index is 13.4. The molecule has 166 valence electrons. The molecular formula is C20H27Cl2N3O4S. The topological polar surface area (TPSA) is 70.2 Å². The first kappa shape index (κ1) is 22.3. The largest absolute Gasteiger partial charge is 0.378 e. The molecule has 3 saturated heterocycles. The van der Waals surface area contributed by atoms with Crippen LogP contribution in [0.25, 0.3) is 0 Å². The van der Waals surface area contributed by atoms with Gasteiger partial charge in [-0.3, -0.25) is 9.69 Å². The number of sulfonamides is 1. The van der Waals surface area contributed by atoms with Crippen LogP contribution in [0.1, 0.15) is 18.4 Å². The lowest BCUT2D eigenvalue weighted by atomic mass is 9.92. The average molecular weight is 476 g/mol. The summed E-state index contributed by atoms with van der Waals surface area (Å²) in [6.07, 6.45) is 3.66. The van der Waals surface area contributed by atoms with Crippen LogP contribution in [0, 0.1) is 0 Å². The van der Waals surface area contributed by atoms with Gasteiger partial charge in [0.15, 0.2) is 0 Å². The minimum Gasteiger partial charge on any atom is -0.378 e. The maximum atomic E-state index is 13.4. The highest BCUT2D eigenvalue weighted by molar-refractivity contribution is 7.88. The first-order chi connectivity index (χ1) is 14.3. The van der Waals surface area contributed by atoms with Crippen LogP contribution in [0.2, 0.25) is 10.0 Å². The number of amides is 1. The van der Waals surface area contributed by atoms with Crippen LogP contribution in [0.4, 0.5) is 0 Å². The van der Waals surface area contributed by atoms with Gasteiger partial charge in [0.05, 0.1) is 54.1 Å². The first-order valence-electron chi connectivity index (χ1n) is 10.3. The SMILES string of the molecule is CS(=O)(=O)N1CCN(C(=O)Cc2ccc(Cl)c(Cl)c2)[C@H]2[C@H]1COC[C@@H]2N1CCCC1. The number of likely N-dealkylation sites (tertiary alicyclic amines) is 1. The van der Waals surface area contributed by atoms with Crippen LogP contribution < -0.4 is 0 Å². The summed E-state index contributed by atoms with van der Waals surface area (Å²) in [5.41, 5.74) is 0.793. The number of fused-ring (bicyclic) bond motifs is 1. The average Bonchev–Trinajstić information content (AvgIpc) is 3.23. The Balaban J connectivity index is 1.62. The monoisotopic (exact) mass is 475 g/mol. The molecule has 3 fully saturated rings. The number of carbonyl (C=O) groups excluding carboxylic acids is 1. The van der Waals surface area contributed by atoms with Gasteiger partial charge in [-0.25, -0.2) is 8.42 Å². The van der Waals surface area contributed by atoms with Crippen molar-refractivity contribution < 1.29 is 17.9 Å². The van der Waals surface area contributed by atoms with Crippen molar-refractivity contribution in [3.05, 3.63) is 33.8 Å². The van der Waals surface area contributed by atoms with Gasteiger partial charge < -0.3 is 9.64 Å². The number of halogens is 2. The van der Waals surface area contributed by atoms with Crippen LogP contribution >= 0.6 is 23.2 Å². The fraction of sp³-hybridized carbons (Fsp3) is 0.650. The van der Waals surface area contributed by atoms with Crippen molar-refractivity contribution >= 4 is 39.1 Å². The van der Waals surface area contributed by atoms with Crippen molar-refractivity contribution in [3.8, 4) is 0 Å². The summed E-state index contributed by atoms with van der Waals surface area (Å²) < 4.78 is 32.2. The van der Waals surface area contributed by atoms with Crippen LogP contribution in [-0.2, 0) is 26.0 Å². The van der Waals surface area contributed by atoms with Crippen molar-refractivity contribution in [2.75, 3.05) is 45.6 Å². The Kier molecular flexibility index (Phi) is 6.63. The van der Waals surface area contributed by atoms with E-state index in [2.05, 4.69) is 4.90 Å². The van der Waals surface area contributed by atoms with Gasteiger partial charge in [0.25, 0.3) is 0 Å². The number of hydrogen-bond acceptors (Lipinski definition) is 5. The van der Waals surface area contributed by atoms with Gasteiger partial charge in [-0.05, 0) is 43.6 Å². The molecule has 0 N–H and O–H groups in total. The number of hydrogen-bond donors (Lipinski definition) is 0. The molecule has 3 aliphatic rings.